The highest BCUT2D eigenvalue weighted by Crippen LogP contribution is 2.23. The highest BCUT2D eigenvalue weighted by molar-refractivity contribution is 7.99. The molecule has 0 spiro atoms. The molecule has 154 valence electrons. The zero-order valence-corrected chi connectivity index (χ0v) is 17.4. The predicted octanol–water partition coefficient (Wildman–Crippen LogP) is 4.75. The third kappa shape index (κ3) is 5.67. The molecule has 0 radical (unpaired) electrons. The number of hydrogen-bond acceptors (Lipinski definition) is 5. The normalized spacial score (nSPS) is 13.5. The summed E-state index contributed by atoms with van der Waals surface area (Å²) in [5, 5.41) is 5.75. The maximum Gasteiger partial charge on any atom is 0.319 e. The lowest BCUT2D eigenvalue weighted by Gasteiger charge is -2.28. The Balaban J connectivity index is 1.28. The standard InChI is InChI=1S/C23H24N4O2S/c28-23(25-17-18-4-6-20(7-5-18)27-12-14-30-15-13-27)26-19-2-1-3-22(16-19)29-21-8-10-24-11-9-21/h1-11,16H,12-15,17H2,(H2,25,26,28). The number of amides is 2. The molecule has 0 aliphatic carbocycles. The molecule has 6 nitrogen and oxygen atoms in total. The maximum absolute atomic E-state index is 12.3. The number of rotatable bonds is 6. The summed E-state index contributed by atoms with van der Waals surface area (Å²) in [5.41, 5.74) is 2.97. The Labute approximate surface area is 180 Å². The molecule has 2 aromatic carbocycles. The first kappa shape index (κ1) is 20.1. The molecule has 2 heterocycles. The molecule has 4 rings (SSSR count). The predicted molar refractivity (Wildman–Crippen MR) is 123 cm³/mol. The lowest BCUT2D eigenvalue weighted by molar-refractivity contribution is 0.251. The average molecular weight is 421 g/mol. The van der Waals surface area contributed by atoms with Crippen LogP contribution in [-0.2, 0) is 6.54 Å². The minimum absolute atomic E-state index is 0.256. The second-order valence-electron chi connectivity index (χ2n) is 6.89. The highest BCUT2D eigenvalue weighted by atomic mass is 32.2. The van der Waals surface area contributed by atoms with Crippen molar-refractivity contribution < 1.29 is 9.53 Å². The van der Waals surface area contributed by atoms with Gasteiger partial charge in [-0.05, 0) is 42.0 Å². The Morgan fingerprint density at radius 3 is 2.53 bits per heavy atom. The summed E-state index contributed by atoms with van der Waals surface area (Å²) in [5.74, 6) is 3.69. The van der Waals surface area contributed by atoms with E-state index in [1.54, 1.807) is 30.6 Å². The quantitative estimate of drug-likeness (QED) is 0.602. The molecular weight excluding hydrogens is 396 g/mol. The van der Waals surface area contributed by atoms with Crippen molar-refractivity contribution in [3.63, 3.8) is 0 Å². The van der Waals surface area contributed by atoms with Crippen molar-refractivity contribution in [1.82, 2.24) is 10.3 Å². The van der Waals surface area contributed by atoms with E-state index in [2.05, 4.69) is 44.8 Å². The van der Waals surface area contributed by atoms with Gasteiger partial charge in [0.25, 0.3) is 0 Å². The fourth-order valence-corrected chi connectivity index (χ4v) is 4.09. The lowest BCUT2D eigenvalue weighted by Crippen LogP contribution is -2.32. The number of hydrogen-bond donors (Lipinski definition) is 2. The van der Waals surface area contributed by atoms with Crippen LogP contribution < -0.4 is 20.3 Å². The van der Waals surface area contributed by atoms with Gasteiger partial charge in [0.2, 0.25) is 0 Å². The molecule has 0 bridgehead atoms. The number of benzene rings is 2. The van der Waals surface area contributed by atoms with Crippen molar-refractivity contribution in [3.8, 4) is 11.5 Å². The molecule has 0 saturated carbocycles. The van der Waals surface area contributed by atoms with E-state index in [1.807, 2.05) is 30.0 Å². The third-order valence-corrected chi connectivity index (χ3v) is 5.69. The van der Waals surface area contributed by atoms with Gasteiger partial charge in [-0.25, -0.2) is 4.79 Å². The number of nitrogens with zero attached hydrogens (tertiary/aromatic N) is 2. The number of aromatic nitrogens is 1. The topological polar surface area (TPSA) is 66.5 Å². The number of pyridine rings is 1. The van der Waals surface area contributed by atoms with E-state index in [4.69, 9.17) is 4.74 Å². The molecular formula is C23H24N4O2S. The smallest absolute Gasteiger partial charge is 0.319 e. The first-order valence-corrected chi connectivity index (χ1v) is 11.1. The number of carbonyl (C=O) groups excluding carboxylic acids is 1. The van der Waals surface area contributed by atoms with Crippen molar-refractivity contribution in [2.75, 3.05) is 34.8 Å². The van der Waals surface area contributed by atoms with Gasteiger partial charge >= 0.3 is 6.03 Å². The van der Waals surface area contributed by atoms with Crippen LogP contribution in [0, 0.1) is 0 Å². The molecule has 30 heavy (non-hydrogen) atoms. The Bertz CT molecular complexity index is 960. The van der Waals surface area contributed by atoms with Gasteiger partial charge in [-0.1, -0.05) is 18.2 Å². The molecule has 7 heteroatoms. The Hall–Kier alpha value is -3.19. The Kier molecular flexibility index (Phi) is 6.72. The summed E-state index contributed by atoms with van der Waals surface area (Å²) < 4.78 is 5.77. The van der Waals surface area contributed by atoms with Gasteiger partial charge in [0.1, 0.15) is 11.5 Å². The molecule has 1 fully saturated rings. The first-order valence-electron chi connectivity index (χ1n) is 9.91. The molecule has 1 aliphatic rings. The van der Waals surface area contributed by atoms with Crippen LogP contribution in [0.15, 0.2) is 73.1 Å². The van der Waals surface area contributed by atoms with E-state index in [0.717, 1.165) is 18.7 Å². The van der Waals surface area contributed by atoms with Crippen LogP contribution in [-0.4, -0.2) is 35.6 Å². The van der Waals surface area contributed by atoms with E-state index in [9.17, 15) is 4.79 Å². The fraction of sp³-hybridized carbons (Fsp3) is 0.217. The van der Waals surface area contributed by atoms with Crippen molar-refractivity contribution in [2.24, 2.45) is 0 Å². The summed E-state index contributed by atoms with van der Waals surface area (Å²) in [4.78, 5) is 18.7. The van der Waals surface area contributed by atoms with E-state index < -0.39 is 0 Å². The largest absolute Gasteiger partial charge is 0.457 e. The number of carbonyl (C=O) groups is 1. The van der Waals surface area contributed by atoms with E-state index in [0.29, 0.717) is 23.7 Å². The lowest BCUT2D eigenvalue weighted by atomic mass is 10.2. The van der Waals surface area contributed by atoms with E-state index in [1.165, 1.54) is 17.2 Å². The van der Waals surface area contributed by atoms with Crippen molar-refractivity contribution in [2.45, 2.75) is 6.54 Å². The fourth-order valence-electron chi connectivity index (χ4n) is 3.18. The van der Waals surface area contributed by atoms with Gasteiger partial charge in [0.15, 0.2) is 0 Å². The van der Waals surface area contributed by atoms with E-state index in [-0.39, 0.29) is 6.03 Å². The summed E-state index contributed by atoms with van der Waals surface area (Å²) in [6.07, 6.45) is 3.34. The minimum atomic E-state index is -0.256. The molecule has 2 amide bonds. The number of urea groups is 1. The van der Waals surface area contributed by atoms with Gasteiger partial charge in [0, 0.05) is 61.0 Å². The van der Waals surface area contributed by atoms with Crippen molar-refractivity contribution in [1.29, 1.82) is 0 Å². The SMILES string of the molecule is O=C(NCc1ccc(N2CCSCC2)cc1)Nc1cccc(Oc2ccncc2)c1. The number of anilines is 2. The molecule has 1 aromatic heterocycles. The summed E-state index contributed by atoms with van der Waals surface area (Å²) >= 11 is 2.00. The van der Waals surface area contributed by atoms with Crippen LogP contribution in [0.4, 0.5) is 16.2 Å². The highest BCUT2D eigenvalue weighted by Gasteiger charge is 2.11. The Morgan fingerprint density at radius 1 is 1.00 bits per heavy atom. The van der Waals surface area contributed by atoms with E-state index >= 15 is 0 Å². The zero-order chi connectivity index (χ0) is 20.6. The second-order valence-corrected chi connectivity index (χ2v) is 8.11. The van der Waals surface area contributed by atoms with Gasteiger partial charge in [-0.2, -0.15) is 11.8 Å². The van der Waals surface area contributed by atoms with Gasteiger partial charge in [-0.3, -0.25) is 4.98 Å². The number of thioether (sulfide) groups is 1. The molecule has 3 aromatic rings. The van der Waals surface area contributed by atoms with Crippen LogP contribution in [0.25, 0.3) is 0 Å². The molecule has 2 N–H and O–H groups in total. The van der Waals surface area contributed by atoms with Crippen LogP contribution in [0.5, 0.6) is 11.5 Å². The van der Waals surface area contributed by atoms with Crippen molar-refractivity contribution in [3.05, 3.63) is 78.6 Å². The number of ether oxygens (including phenoxy) is 1. The average Bonchev–Trinajstić information content (AvgIpc) is 2.80. The molecule has 1 saturated heterocycles. The molecule has 1 aliphatic heterocycles. The number of nitrogens with one attached hydrogen (secondary N) is 2. The van der Waals surface area contributed by atoms with Crippen molar-refractivity contribution >= 4 is 29.2 Å². The minimum Gasteiger partial charge on any atom is -0.457 e. The zero-order valence-electron chi connectivity index (χ0n) is 16.6. The van der Waals surface area contributed by atoms with Crippen LogP contribution in [0.3, 0.4) is 0 Å². The van der Waals surface area contributed by atoms with Crippen LogP contribution in [0.2, 0.25) is 0 Å². The van der Waals surface area contributed by atoms with Crippen LogP contribution >= 0.6 is 11.8 Å². The van der Waals surface area contributed by atoms with Gasteiger partial charge in [-0.15, -0.1) is 0 Å². The second kappa shape index (κ2) is 10.0. The van der Waals surface area contributed by atoms with Crippen LogP contribution in [0.1, 0.15) is 5.56 Å². The monoisotopic (exact) mass is 420 g/mol. The van der Waals surface area contributed by atoms with Gasteiger partial charge in [0.05, 0.1) is 0 Å². The molecule has 0 unspecified atom stereocenters. The maximum atomic E-state index is 12.3. The molecule has 0 atom stereocenters. The summed E-state index contributed by atoms with van der Waals surface area (Å²) in [6.45, 7) is 2.65. The summed E-state index contributed by atoms with van der Waals surface area (Å²) in [7, 11) is 0. The summed E-state index contributed by atoms with van der Waals surface area (Å²) in [6, 6.07) is 19.0. The first-order chi connectivity index (χ1) is 14.8. The Morgan fingerprint density at radius 2 is 1.77 bits per heavy atom. The third-order valence-electron chi connectivity index (χ3n) is 4.74. The van der Waals surface area contributed by atoms with Gasteiger partial charge < -0.3 is 20.3 Å².